The first-order chi connectivity index (χ1) is 9.88. The highest BCUT2D eigenvalue weighted by atomic mass is 35.5. The average Bonchev–Trinajstić information content (AvgIpc) is 2.43. The number of carbonyl (C=O) groups excluding carboxylic acids is 1. The molecule has 0 spiro atoms. The lowest BCUT2D eigenvalue weighted by Crippen LogP contribution is -2.14. The molecule has 108 valence electrons. The van der Waals surface area contributed by atoms with Crippen LogP contribution in [-0.2, 0) is 0 Å². The van der Waals surface area contributed by atoms with E-state index in [1.165, 1.54) is 18.2 Å². The molecule has 0 heterocycles. The SMILES string of the molecule is O=C(Nc1cc([N+](=O)[O-])ccc1Cl)c1cc(Cl)ccc1F. The maximum atomic E-state index is 13.6. The summed E-state index contributed by atoms with van der Waals surface area (Å²) in [4.78, 5) is 22.0. The standard InChI is InChI=1S/C13H7Cl2FN2O3/c14-7-1-4-11(16)9(5-7)13(19)17-12-6-8(18(20)21)2-3-10(12)15/h1-6H,(H,17,19). The molecule has 1 amide bonds. The van der Waals surface area contributed by atoms with Crippen molar-refractivity contribution in [1.82, 2.24) is 0 Å². The molecule has 0 aliphatic rings. The summed E-state index contributed by atoms with van der Waals surface area (Å²) in [5.41, 5.74) is -0.526. The molecule has 0 radical (unpaired) electrons. The van der Waals surface area contributed by atoms with E-state index in [1.807, 2.05) is 0 Å². The Labute approximate surface area is 128 Å². The Morgan fingerprint density at radius 3 is 2.57 bits per heavy atom. The number of carbonyl (C=O) groups is 1. The van der Waals surface area contributed by atoms with Crippen LogP contribution in [0.25, 0.3) is 0 Å². The van der Waals surface area contributed by atoms with E-state index >= 15 is 0 Å². The lowest BCUT2D eigenvalue weighted by atomic mass is 10.2. The molecule has 0 aromatic heterocycles. The second-order valence-electron chi connectivity index (χ2n) is 4.00. The number of halogens is 3. The molecule has 2 aromatic carbocycles. The highest BCUT2D eigenvalue weighted by molar-refractivity contribution is 6.34. The first-order valence-electron chi connectivity index (χ1n) is 5.59. The number of hydrogen-bond acceptors (Lipinski definition) is 3. The third-order valence-corrected chi connectivity index (χ3v) is 3.15. The van der Waals surface area contributed by atoms with Gasteiger partial charge in [-0.25, -0.2) is 4.39 Å². The zero-order valence-corrected chi connectivity index (χ0v) is 11.8. The smallest absolute Gasteiger partial charge is 0.271 e. The van der Waals surface area contributed by atoms with Gasteiger partial charge in [-0.3, -0.25) is 14.9 Å². The zero-order valence-electron chi connectivity index (χ0n) is 10.3. The van der Waals surface area contributed by atoms with Crippen LogP contribution < -0.4 is 5.32 Å². The number of nitrogens with one attached hydrogen (secondary N) is 1. The Kier molecular flexibility index (Phi) is 4.40. The van der Waals surface area contributed by atoms with Gasteiger partial charge in [-0.2, -0.15) is 0 Å². The minimum atomic E-state index is -0.808. The fourth-order valence-corrected chi connectivity index (χ4v) is 1.92. The van der Waals surface area contributed by atoms with Crippen molar-refractivity contribution in [2.45, 2.75) is 0 Å². The molecule has 0 aliphatic heterocycles. The number of anilines is 1. The number of nitro groups is 1. The number of nitrogens with zero attached hydrogens (tertiary/aromatic N) is 1. The Hall–Kier alpha value is -2.18. The van der Waals surface area contributed by atoms with Crippen molar-refractivity contribution in [3.8, 4) is 0 Å². The molecule has 5 nitrogen and oxygen atoms in total. The summed E-state index contributed by atoms with van der Waals surface area (Å²) >= 11 is 11.5. The number of nitro benzene ring substituents is 1. The fourth-order valence-electron chi connectivity index (χ4n) is 1.58. The van der Waals surface area contributed by atoms with Gasteiger partial charge in [0.15, 0.2) is 0 Å². The molecular formula is C13H7Cl2FN2O3. The van der Waals surface area contributed by atoms with Gasteiger partial charge in [-0.05, 0) is 24.3 Å². The predicted octanol–water partition coefficient (Wildman–Crippen LogP) is 4.29. The highest BCUT2D eigenvalue weighted by Gasteiger charge is 2.16. The maximum Gasteiger partial charge on any atom is 0.271 e. The molecule has 0 bridgehead atoms. The molecule has 0 fully saturated rings. The summed E-state index contributed by atoms with van der Waals surface area (Å²) in [6.07, 6.45) is 0. The number of rotatable bonds is 3. The Balaban J connectivity index is 2.33. The highest BCUT2D eigenvalue weighted by Crippen LogP contribution is 2.27. The normalized spacial score (nSPS) is 10.2. The number of hydrogen-bond donors (Lipinski definition) is 1. The van der Waals surface area contributed by atoms with Crippen LogP contribution in [0, 0.1) is 15.9 Å². The van der Waals surface area contributed by atoms with Crippen molar-refractivity contribution in [2.24, 2.45) is 0 Å². The molecule has 2 aromatic rings. The van der Waals surface area contributed by atoms with E-state index in [1.54, 1.807) is 0 Å². The van der Waals surface area contributed by atoms with Gasteiger partial charge in [0.25, 0.3) is 11.6 Å². The molecule has 0 atom stereocenters. The summed E-state index contributed by atoms with van der Waals surface area (Å²) in [7, 11) is 0. The van der Waals surface area contributed by atoms with Crippen LogP contribution in [0.3, 0.4) is 0 Å². The van der Waals surface area contributed by atoms with Crippen molar-refractivity contribution in [3.05, 3.63) is 67.9 Å². The molecule has 0 aliphatic carbocycles. The Bertz CT molecular complexity index is 737. The van der Waals surface area contributed by atoms with E-state index in [9.17, 15) is 19.3 Å². The summed E-state index contributed by atoms with van der Waals surface area (Å²) < 4.78 is 13.6. The first kappa shape index (κ1) is 15.2. The van der Waals surface area contributed by atoms with Crippen LogP contribution >= 0.6 is 23.2 Å². The monoisotopic (exact) mass is 328 g/mol. The van der Waals surface area contributed by atoms with Crippen molar-refractivity contribution in [1.29, 1.82) is 0 Å². The lowest BCUT2D eigenvalue weighted by molar-refractivity contribution is -0.384. The zero-order chi connectivity index (χ0) is 15.6. The van der Waals surface area contributed by atoms with Crippen LogP contribution in [0.2, 0.25) is 10.0 Å². The number of benzene rings is 2. The minimum Gasteiger partial charge on any atom is -0.320 e. The van der Waals surface area contributed by atoms with Gasteiger partial charge in [0, 0.05) is 17.2 Å². The van der Waals surface area contributed by atoms with Crippen LogP contribution in [0.1, 0.15) is 10.4 Å². The first-order valence-corrected chi connectivity index (χ1v) is 6.34. The Morgan fingerprint density at radius 2 is 1.90 bits per heavy atom. The second kappa shape index (κ2) is 6.07. The van der Waals surface area contributed by atoms with E-state index < -0.39 is 16.6 Å². The van der Waals surface area contributed by atoms with Gasteiger partial charge < -0.3 is 5.32 Å². The Morgan fingerprint density at radius 1 is 1.19 bits per heavy atom. The lowest BCUT2D eigenvalue weighted by Gasteiger charge is -2.08. The topological polar surface area (TPSA) is 72.2 Å². The van der Waals surface area contributed by atoms with Crippen LogP contribution in [0.5, 0.6) is 0 Å². The van der Waals surface area contributed by atoms with Gasteiger partial charge in [-0.1, -0.05) is 23.2 Å². The van der Waals surface area contributed by atoms with E-state index in [-0.39, 0.29) is 27.0 Å². The third kappa shape index (κ3) is 3.48. The van der Waals surface area contributed by atoms with Gasteiger partial charge in [0.05, 0.1) is 21.2 Å². The van der Waals surface area contributed by atoms with E-state index in [0.717, 1.165) is 18.2 Å². The summed E-state index contributed by atoms with van der Waals surface area (Å²) in [5, 5.41) is 13.3. The van der Waals surface area contributed by atoms with Gasteiger partial charge in [-0.15, -0.1) is 0 Å². The molecule has 8 heteroatoms. The van der Waals surface area contributed by atoms with Gasteiger partial charge in [0.2, 0.25) is 0 Å². The molecular weight excluding hydrogens is 322 g/mol. The molecule has 1 N–H and O–H groups in total. The van der Waals surface area contributed by atoms with Crippen molar-refractivity contribution in [3.63, 3.8) is 0 Å². The summed E-state index contributed by atoms with van der Waals surface area (Å²) in [6.45, 7) is 0. The van der Waals surface area contributed by atoms with Crippen LogP contribution in [-0.4, -0.2) is 10.8 Å². The van der Waals surface area contributed by atoms with Crippen molar-refractivity contribution >= 4 is 40.5 Å². The van der Waals surface area contributed by atoms with E-state index in [0.29, 0.717) is 0 Å². The second-order valence-corrected chi connectivity index (χ2v) is 4.84. The van der Waals surface area contributed by atoms with Crippen molar-refractivity contribution < 1.29 is 14.1 Å². The third-order valence-electron chi connectivity index (χ3n) is 2.58. The minimum absolute atomic E-state index is 0.00948. The van der Waals surface area contributed by atoms with Gasteiger partial charge in [0.1, 0.15) is 5.82 Å². The average molecular weight is 329 g/mol. The number of amides is 1. The van der Waals surface area contributed by atoms with Gasteiger partial charge >= 0.3 is 0 Å². The maximum absolute atomic E-state index is 13.6. The molecule has 2 rings (SSSR count). The van der Waals surface area contributed by atoms with Crippen LogP contribution in [0.4, 0.5) is 15.8 Å². The predicted molar refractivity (Wildman–Crippen MR) is 77.5 cm³/mol. The number of non-ortho nitro benzene ring substituents is 1. The largest absolute Gasteiger partial charge is 0.320 e. The molecule has 0 saturated heterocycles. The molecule has 0 saturated carbocycles. The fraction of sp³-hybridized carbons (Fsp3) is 0. The quantitative estimate of drug-likeness (QED) is 0.674. The molecule has 0 unspecified atom stereocenters. The summed E-state index contributed by atoms with van der Waals surface area (Å²) in [5.74, 6) is -1.57. The van der Waals surface area contributed by atoms with E-state index in [4.69, 9.17) is 23.2 Å². The van der Waals surface area contributed by atoms with Crippen molar-refractivity contribution in [2.75, 3.05) is 5.32 Å². The van der Waals surface area contributed by atoms with Crippen LogP contribution in [0.15, 0.2) is 36.4 Å². The van der Waals surface area contributed by atoms with E-state index in [2.05, 4.69) is 5.32 Å². The summed E-state index contributed by atoms with van der Waals surface area (Å²) in [6, 6.07) is 7.04. The molecule has 21 heavy (non-hydrogen) atoms.